The van der Waals surface area contributed by atoms with E-state index in [0.29, 0.717) is 0 Å². The lowest BCUT2D eigenvalue weighted by Gasteiger charge is -2.21. The number of ether oxygens (including phenoxy) is 1. The number of anilines is 1. The van der Waals surface area contributed by atoms with Gasteiger partial charge in [-0.3, -0.25) is 10.3 Å². The van der Waals surface area contributed by atoms with Crippen LogP contribution in [-0.2, 0) is 4.74 Å². The van der Waals surface area contributed by atoms with Crippen molar-refractivity contribution in [3.63, 3.8) is 0 Å². The van der Waals surface area contributed by atoms with Crippen LogP contribution in [-0.4, -0.2) is 22.2 Å². The van der Waals surface area contributed by atoms with Crippen molar-refractivity contribution >= 4 is 22.4 Å². The third-order valence-corrected chi connectivity index (χ3v) is 4.87. The van der Waals surface area contributed by atoms with Crippen molar-refractivity contribution in [3.05, 3.63) is 30.2 Å². The van der Waals surface area contributed by atoms with Gasteiger partial charge in [0.15, 0.2) is 0 Å². The zero-order valence-electron chi connectivity index (χ0n) is 12.5. The van der Waals surface area contributed by atoms with Crippen LogP contribution in [0.2, 0.25) is 0 Å². The van der Waals surface area contributed by atoms with Gasteiger partial charge in [0.1, 0.15) is 16.1 Å². The van der Waals surface area contributed by atoms with Crippen molar-refractivity contribution in [1.82, 2.24) is 9.97 Å². The Morgan fingerprint density at radius 1 is 1.36 bits per heavy atom. The smallest absolute Gasteiger partial charge is 0.412 e. The zero-order valence-corrected chi connectivity index (χ0v) is 13.4. The summed E-state index contributed by atoms with van der Waals surface area (Å²) in [5.74, 6) is 0. The molecule has 1 fully saturated rings. The minimum absolute atomic E-state index is 0.0553. The Morgan fingerprint density at radius 3 is 2.91 bits per heavy atom. The molecule has 3 rings (SSSR count). The number of nitrogens with one attached hydrogen (secondary N) is 1. The van der Waals surface area contributed by atoms with E-state index in [1.54, 1.807) is 12.4 Å². The van der Waals surface area contributed by atoms with Gasteiger partial charge in [-0.15, -0.1) is 0 Å². The van der Waals surface area contributed by atoms with Crippen LogP contribution in [0.1, 0.15) is 37.8 Å². The van der Waals surface area contributed by atoms with Crippen molar-refractivity contribution in [2.24, 2.45) is 0 Å². The van der Waals surface area contributed by atoms with Crippen LogP contribution >= 0.6 is 11.3 Å². The Morgan fingerprint density at radius 2 is 2.18 bits per heavy atom. The molecule has 5 nitrogen and oxygen atoms in total. The fourth-order valence-electron chi connectivity index (χ4n) is 2.58. The maximum Gasteiger partial charge on any atom is 0.412 e. The highest BCUT2D eigenvalue weighted by Gasteiger charge is 2.19. The molecule has 2 aromatic rings. The first kappa shape index (κ1) is 15.0. The number of thiazole rings is 1. The maximum atomic E-state index is 12.0. The minimum atomic E-state index is -0.378. The number of carbonyl (C=O) groups is 1. The van der Waals surface area contributed by atoms with Crippen LogP contribution in [0.5, 0.6) is 0 Å². The fraction of sp³-hybridized carbons (Fsp3) is 0.438. The predicted octanol–water partition coefficient (Wildman–Crippen LogP) is 4.39. The van der Waals surface area contributed by atoms with E-state index in [-0.39, 0.29) is 12.2 Å². The topological polar surface area (TPSA) is 64.1 Å². The second-order valence-electron chi connectivity index (χ2n) is 5.47. The molecule has 0 radical (unpaired) electrons. The molecule has 1 N–H and O–H groups in total. The highest BCUT2D eigenvalue weighted by molar-refractivity contribution is 7.19. The Hall–Kier alpha value is -1.95. The molecule has 2 heterocycles. The molecule has 0 saturated heterocycles. The molecule has 116 valence electrons. The largest absolute Gasteiger partial charge is 0.446 e. The van der Waals surface area contributed by atoms with Crippen LogP contribution in [0, 0.1) is 6.92 Å². The third-order valence-electron chi connectivity index (χ3n) is 3.75. The molecule has 0 aliphatic heterocycles. The van der Waals surface area contributed by atoms with Crippen LogP contribution in [0.25, 0.3) is 10.6 Å². The second-order valence-corrected chi connectivity index (χ2v) is 6.46. The molecule has 1 amide bonds. The molecule has 6 heteroatoms. The lowest BCUT2D eigenvalue weighted by molar-refractivity contribution is 0.0865. The van der Waals surface area contributed by atoms with E-state index in [4.69, 9.17) is 4.74 Å². The van der Waals surface area contributed by atoms with Gasteiger partial charge in [0, 0.05) is 18.0 Å². The number of rotatable bonds is 3. The molecule has 0 aromatic carbocycles. The summed E-state index contributed by atoms with van der Waals surface area (Å²) >= 11 is 1.44. The number of carbonyl (C=O) groups excluding carboxylic acids is 1. The van der Waals surface area contributed by atoms with Crippen molar-refractivity contribution in [1.29, 1.82) is 0 Å². The molecule has 2 aromatic heterocycles. The molecule has 0 atom stereocenters. The first-order valence-electron chi connectivity index (χ1n) is 7.58. The highest BCUT2D eigenvalue weighted by atomic mass is 32.1. The number of hydrogen-bond acceptors (Lipinski definition) is 5. The summed E-state index contributed by atoms with van der Waals surface area (Å²) in [6.45, 7) is 1.88. The Kier molecular flexibility index (Phi) is 4.68. The summed E-state index contributed by atoms with van der Waals surface area (Å²) in [5, 5.41) is 4.40. The molecular weight excluding hydrogens is 298 g/mol. The number of aryl methyl sites for hydroxylation is 1. The number of pyridine rings is 1. The summed E-state index contributed by atoms with van der Waals surface area (Å²) in [4.78, 5) is 20.6. The van der Waals surface area contributed by atoms with E-state index < -0.39 is 0 Å². The predicted molar refractivity (Wildman–Crippen MR) is 87.1 cm³/mol. The number of hydrogen-bond donors (Lipinski definition) is 1. The maximum absolute atomic E-state index is 12.0. The molecule has 0 unspecified atom stereocenters. The average Bonchev–Trinajstić information content (AvgIpc) is 2.90. The normalized spacial score (nSPS) is 15.5. The van der Waals surface area contributed by atoms with Crippen LogP contribution in [0.15, 0.2) is 24.5 Å². The first-order chi connectivity index (χ1) is 10.7. The van der Waals surface area contributed by atoms with Crippen LogP contribution in [0.3, 0.4) is 0 Å². The molecule has 22 heavy (non-hydrogen) atoms. The van der Waals surface area contributed by atoms with Crippen molar-refractivity contribution in [2.45, 2.75) is 45.1 Å². The Labute approximate surface area is 133 Å². The average molecular weight is 317 g/mol. The molecule has 1 aliphatic rings. The molecular formula is C16H19N3O2S. The van der Waals surface area contributed by atoms with Gasteiger partial charge in [0.05, 0.1) is 5.69 Å². The molecule has 0 bridgehead atoms. The van der Waals surface area contributed by atoms with Crippen LogP contribution < -0.4 is 5.32 Å². The van der Waals surface area contributed by atoms with E-state index in [1.807, 2.05) is 19.1 Å². The van der Waals surface area contributed by atoms with E-state index >= 15 is 0 Å². The van der Waals surface area contributed by atoms with E-state index in [1.165, 1.54) is 17.8 Å². The number of aromatic nitrogens is 2. The summed E-state index contributed by atoms with van der Waals surface area (Å²) in [6.07, 6.45) is 8.63. The van der Waals surface area contributed by atoms with Gasteiger partial charge in [-0.1, -0.05) is 17.8 Å². The Bertz CT molecular complexity index is 636. The van der Waals surface area contributed by atoms with Gasteiger partial charge >= 0.3 is 6.09 Å². The van der Waals surface area contributed by atoms with Gasteiger partial charge in [0.25, 0.3) is 0 Å². The minimum Gasteiger partial charge on any atom is -0.446 e. The van der Waals surface area contributed by atoms with E-state index in [2.05, 4.69) is 15.3 Å². The number of nitrogens with zero attached hydrogens (tertiary/aromatic N) is 2. The van der Waals surface area contributed by atoms with Crippen molar-refractivity contribution in [3.8, 4) is 10.6 Å². The third kappa shape index (κ3) is 3.62. The van der Waals surface area contributed by atoms with Gasteiger partial charge in [-0.2, -0.15) is 0 Å². The van der Waals surface area contributed by atoms with Gasteiger partial charge in [-0.05, 0) is 44.7 Å². The summed E-state index contributed by atoms with van der Waals surface area (Å²) in [7, 11) is 0. The Balaban J connectivity index is 1.65. The first-order valence-corrected chi connectivity index (χ1v) is 8.39. The fourth-order valence-corrected chi connectivity index (χ4v) is 3.52. The van der Waals surface area contributed by atoms with E-state index in [9.17, 15) is 4.79 Å². The second kappa shape index (κ2) is 6.87. The summed E-state index contributed by atoms with van der Waals surface area (Å²) in [5.41, 5.74) is 1.74. The summed E-state index contributed by atoms with van der Waals surface area (Å²) in [6, 6.07) is 3.83. The summed E-state index contributed by atoms with van der Waals surface area (Å²) < 4.78 is 5.48. The quantitative estimate of drug-likeness (QED) is 0.911. The van der Waals surface area contributed by atoms with Crippen molar-refractivity contribution < 1.29 is 9.53 Å². The van der Waals surface area contributed by atoms with Crippen molar-refractivity contribution in [2.75, 3.05) is 5.32 Å². The lowest BCUT2D eigenvalue weighted by atomic mass is 9.98. The van der Waals surface area contributed by atoms with E-state index in [0.717, 1.165) is 46.9 Å². The van der Waals surface area contributed by atoms with Gasteiger partial charge < -0.3 is 4.74 Å². The standard InChI is InChI=1S/C16H19N3O2S/c1-11-14(19-16(20)21-13-7-3-2-4-8-13)22-15(18-11)12-6-5-9-17-10-12/h5-6,9-10,13H,2-4,7-8H2,1H3,(H,19,20). The monoisotopic (exact) mass is 317 g/mol. The van der Waals surface area contributed by atoms with Crippen LogP contribution in [0.4, 0.5) is 9.80 Å². The highest BCUT2D eigenvalue weighted by Crippen LogP contribution is 2.31. The molecule has 0 spiro atoms. The molecule has 1 aliphatic carbocycles. The molecule has 1 saturated carbocycles. The number of amides is 1. The SMILES string of the molecule is Cc1nc(-c2cccnc2)sc1NC(=O)OC1CCCCC1. The lowest BCUT2D eigenvalue weighted by Crippen LogP contribution is -2.24. The zero-order chi connectivity index (χ0) is 15.4. The van der Waals surface area contributed by atoms with Gasteiger partial charge in [-0.25, -0.2) is 9.78 Å². The van der Waals surface area contributed by atoms with Gasteiger partial charge in [0.2, 0.25) is 0 Å².